The number of hydrogen-bond acceptors (Lipinski definition) is 3. The number of nitrogens with zero attached hydrogens (tertiary/aromatic N) is 2. The summed E-state index contributed by atoms with van der Waals surface area (Å²) in [4.78, 5) is 17.5. The van der Waals surface area contributed by atoms with Gasteiger partial charge in [0.2, 0.25) is 0 Å². The molecule has 2 aromatic heterocycles. The average Bonchev–Trinajstić information content (AvgIpc) is 3.17. The summed E-state index contributed by atoms with van der Waals surface area (Å²) in [5, 5.41) is 4.99. The Morgan fingerprint density at radius 2 is 2.05 bits per heavy atom. The predicted octanol–water partition coefficient (Wildman–Crippen LogP) is 3.31. The first-order valence-corrected chi connectivity index (χ1v) is 7.91. The molecule has 0 spiro atoms. The van der Waals surface area contributed by atoms with Crippen LogP contribution < -0.4 is 5.32 Å². The van der Waals surface area contributed by atoms with Crippen LogP contribution in [0, 0.1) is 6.92 Å². The second-order valence-electron chi connectivity index (χ2n) is 5.19. The van der Waals surface area contributed by atoms with Gasteiger partial charge in [-0.2, -0.15) is 0 Å². The van der Waals surface area contributed by atoms with E-state index in [4.69, 9.17) is 0 Å². The van der Waals surface area contributed by atoms with Crippen LogP contribution in [0.1, 0.15) is 32.7 Å². The molecule has 0 aliphatic rings. The largest absolute Gasteiger partial charge is 0.337 e. The number of carbonyl (C=O) groups excluding carboxylic acids is 1. The van der Waals surface area contributed by atoms with Gasteiger partial charge in [0, 0.05) is 19.4 Å². The number of thiophene rings is 1. The minimum Gasteiger partial charge on any atom is -0.337 e. The highest BCUT2D eigenvalue weighted by molar-refractivity contribution is 7.12. The van der Waals surface area contributed by atoms with Crippen LogP contribution in [0.25, 0.3) is 0 Å². The van der Waals surface area contributed by atoms with Crippen LogP contribution >= 0.6 is 11.3 Å². The molecular weight excluding hydrogens is 294 g/mol. The Morgan fingerprint density at radius 1 is 1.27 bits per heavy atom. The van der Waals surface area contributed by atoms with E-state index in [-0.39, 0.29) is 11.9 Å². The molecule has 3 aromatic rings. The summed E-state index contributed by atoms with van der Waals surface area (Å²) in [6.45, 7) is 2.05. The Balaban J connectivity index is 1.95. The van der Waals surface area contributed by atoms with E-state index in [1.165, 1.54) is 16.9 Å². The number of hydrogen-bond donors (Lipinski definition) is 1. The monoisotopic (exact) mass is 311 g/mol. The Morgan fingerprint density at radius 3 is 2.64 bits per heavy atom. The van der Waals surface area contributed by atoms with Crippen molar-refractivity contribution in [1.29, 1.82) is 0 Å². The highest BCUT2D eigenvalue weighted by Gasteiger charge is 2.21. The zero-order chi connectivity index (χ0) is 15.5. The van der Waals surface area contributed by atoms with Gasteiger partial charge in [0.1, 0.15) is 11.9 Å². The summed E-state index contributed by atoms with van der Waals surface area (Å²) in [7, 11) is 1.93. The summed E-state index contributed by atoms with van der Waals surface area (Å²) in [6.07, 6.45) is 3.63. The van der Waals surface area contributed by atoms with Gasteiger partial charge < -0.3 is 9.88 Å². The van der Waals surface area contributed by atoms with E-state index in [2.05, 4.69) is 10.3 Å². The molecule has 1 atom stereocenters. The summed E-state index contributed by atoms with van der Waals surface area (Å²) < 4.78 is 1.93. The van der Waals surface area contributed by atoms with Crippen molar-refractivity contribution in [3.63, 3.8) is 0 Å². The van der Waals surface area contributed by atoms with Gasteiger partial charge in [-0.3, -0.25) is 4.79 Å². The number of nitrogens with one attached hydrogen (secondary N) is 1. The maximum absolute atomic E-state index is 12.4. The lowest BCUT2D eigenvalue weighted by molar-refractivity contribution is 0.0945. The highest BCUT2D eigenvalue weighted by atomic mass is 32.1. The second kappa shape index (κ2) is 6.15. The van der Waals surface area contributed by atoms with Crippen LogP contribution in [-0.4, -0.2) is 15.5 Å². The van der Waals surface area contributed by atoms with Gasteiger partial charge in [0.05, 0.1) is 4.88 Å². The van der Waals surface area contributed by atoms with Gasteiger partial charge in [-0.05, 0) is 23.9 Å². The smallest absolute Gasteiger partial charge is 0.262 e. The molecule has 0 fully saturated rings. The molecule has 1 amide bonds. The van der Waals surface area contributed by atoms with Crippen LogP contribution in [0.4, 0.5) is 0 Å². The molecule has 0 saturated heterocycles. The number of imidazole rings is 1. The van der Waals surface area contributed by atoms with Crippen LogP contribution in [0.2, 0.25) is 0 Å². The van der Waals surface area contributed by atoms with Crippen LogP contribution in [0.5, 0.6) is 0 Å². The first kappa shape index (κ1) is 14.5. The summed E-state index contributed by atoms with van der Waals surface area (Å²) in [5.41, 5.74) is 2.21. The Labute approximate surface area is 133 Å². The molecule has 5 heteroatoms. The van der Waals surface area contributed by atoms with Crippen molar-refractivity contribution in [2.75, 3.05) is 0 Å². The molecular formula is C17H17N3OS. The molecule has 1 N–H and O–H groups in total. The lowest BCUT2D eigenvalue weighted by Crippen LogP contribution is -2.30. The van der Waals surface area contributed by atoms with Crippen LogP contribution in [0.3, 0.4) is 0 Å². The third-order valence-electron chi connectivity index (χ3n) is 3.55. The number of aryl methyl sites for hydroxylation is 2. The van der Waals surface area contributed by atoms with Crippen molar-refractivity contribution < 1.29 is 4.79 Å². The maximum Gasteiger partial charge on any atom is 0.262 e. The molecule has 4 nitrogen and oxygen atoms in total. The minimum absolute atomic E-state index is 0.0800. The van der Waals surface area contributed by atoms with E-state index in [9.17, 15) is 4.79 Å². The fraction of sp³-hybridized carbons (Fsp3) is 0.176. The molecule has 0 aliphatic carbocycles. The van der Waals surface area contributed by atoms with Crippen molar-refractivity contribution in [3.8, 4) is 0 Å². The zero-order valence-corrected chi connectivity index (χ0v) is 13.3. The Hall–Kier alpha value is -2.40. The van der Waals surface area contributed by atoms with E-state index in [1.807, 2.05) is 66.5 Å². The highest BCUT2D eigenvalue weighted by Crippen LogP contribution is 2.22. The van der Waals surface area contributed by atoms with Crippen LogP contribution in [-0.2, 0) is 7.05 Å². The van der Waals surface area contributed by atoms with E-state index in [1.54, 1.807) is 6.20 Å². The number of carbonyl (C=O) groups is 1. The lowest BCUT2D eigenvalue weighted by Gasteiger charge is -2.19. The molecule has 3 rings (SSSR count). The summed E-state index contributed by atoms with van der Waals surface area (Å²) >= 11 is 1.43. The standard InChI is InChI=1S/C17H17N3OS/c1-12-5-7-13(8-6-12)15(16-18-9-10-20(16)2)19-17(21)14-4-3-11-22-14/h3-11,15H,1-2H3,(H,19,21). The number of benzene rings is 1. The zero-order valence-electron chi connectivity index (χ0n) is 12.5. The molecule has 0 aliphatic heterocycles. The second-order valence-corrected chi connectivity index (χ2v) is 6.14. The molecule has 112 valence electrons. The quantitative estimate of drug-likeness (QED) is 0.803. The molecule has 0 radical (unpaired) electrons. The third kappa shape index (κ3) is 2.94. The summed E-state index contributed by atoms with van der Waals surface area (Å²) in [6, 6.07) is 11.6. The van der Waals surface area contributed by atoms with Crippen molar-refractivity contribution in [2.24, 2.45) is 7.05 Å². The molecule has 1 aromatic carbocycles. The van der Waals surface area contributed by atoms with Crippen molar-refractivity contribution in [2.45, 2.75) is 13.0 Å². The van der Waals surface area contributed by atoms with Gasteiger partial charge in [0.25, 0.3) is 5.91 Å². The first-order valence-electron chi connectivity index (χ1n) is 7.03. The minimum atomic E-state index is -0.268. The maximum atomic E-state index is 12.4. The van der Waals surface area contributed by atoms with Crippen molar-refractivity contribution in [3.05, 3.63) is 76.0 Å². The van der Waals surface area contributed by atoms with Gasteiger partial charge in [-0.1, -0.05) is 35.9 Å². The predicted molar refractivity (Wildman–Crippen MR) is 88.0 cm³/mol. The van der Waals surface area contributed by atoms with Gasteiger partial charge in [-0.25, -0.2) is 4.98 Å². The Bertz CT molecular complexity index is 760. The first-order chi connectivity index (χ1) is 10.6. The SMILES string of the molecule is Cc1ccc(C(NC(=O)c2cccs2)c2nccn2C)cc1. The normalized spacial score (nSPS) is 12.1. The summed E-state index contributed by atoms with van der Waals surface area (Å²) in [5.74, 6) is 0.734. The topological polar surface area (TPSA) is 46.9 Å². The Kier molecular flexibility index (Phi) is 4.06. The fourth-order valence-electron chi connectivity index (χ4n) is 2.32. The van der Waals surface area contributed by atoms with Crippen molar-refractivity contribution >= 4 is 17.2 Å². The third-order valence-corrected chi connectivity index (χ3v) is 4.42. The van der Waals surface area contributed by atoms with E-state index in [0.717, 1.165) is 11.4 Å². The molecule has 1 unspecified atom stereocenters. The number of aromatic nitrogens is 2. The van der Waals surface area contributed by atoms with Gasteiger partial charge in [-0.15, -0.1) is 11.3 Å². The lowest BCUT2D eigenvalue weighted by atomic mass is 10.0. The van der Waals surface area contributed by atoms with Gasteiger partial charge in [0.15, 0.2) is 0 Å². The molecule has 22 heavy (non-hydrogen) atoms. The van der Waals surface area contributed by atoms with Gasteiger partial charge >= 0.3 is 0 Å². The van der Waals surface area contributed by atoms with E-state index < -0.39 is 0 Å². The van der Waals surface area contributed by atoms with E-state index >= 15 is 0 Å². The van der Waals surface area contributed by atoms with Crippen LogP contribution in [0.15, 0.2) is 54.2 Å². The number of amides is 1. The molecule has 2 heterocycles. The fourth-order valence-corrected chi connectivity index (χ4v) is 2.95. The number of rotatable bonds is 4. The average molecular weight is 311 g/mol. The van der Waals surface area contributed by atoms with E-state index in [0.29, 0.717) is 4.88 Å². The van der Waals surface area contributed by atoms with Crippen molar-refractivity contribution in [1.82, 2.24) is 14.9 Å². The molecule has 0 bridgehead atoms. The molecule has 0 saturated carbocycles.